The standard InChI is InChI=1S/C23H25N3O3/c1-2-25-11-13-26(14-12-25)16-17-7-9-19(10-8-17)24-22(27)20-15-18-5-3-4-6-21(18)29-23(20)28/h3-10,15H,2,11-14,16H2,1H3,(H,24,27). The average Bonchev–Trinajstić information content (AvgIpc) is 2.75. The van der Waals surface area contributed by atoms with Crippen LogP contribution in [0, 0.1) is 0 Å². The summed E-state index contributed by atoms with van der Waals surface area (Å²) in [6, 6.07) is 16.5. The van der Waals surface area contributed by atoms with Gasteiger partial charge in [-0.1, -0.05) is 37.3 Å². The van der Waals surface area contributed by atoms with Crippen molar-refractivity contribution in [2.45, 2.75) is 13.5 Å². The molecule has 1 fully saturated rings. The van der Waals surface area contributed by atoms with Gasteiger partial charge in [-0.3, -0.25) is 9.69 Å². The lowest BCUT2D eigenvalue weighted by molar-refractivity contribution is 0.102. The lowest BCUT2D eigenvalue weighted by atomic mass is 10.1. The molecule has 0 unspecified atom stereocenters. The number of nitrogens with one attached hydrogen (secondary N) is 1. The number of rotatable bonds is 5. The van der Waals surface area contributed by atoms with E-state index in [2.05, 4.69) is 22.0 Å². The summed E-state index contributed by atoms with van der Waals surface area (Å²) >= 11 is 0. The van der Waals surface area contributed by atoms with Crippen molar-refractivity contribution < 1.29 is 9.21 Å². The number of piperazine rings is 1. The van der Waals surface area contributed by atoms with Gasteiger partial charge in [-0.2, -0.15) is 0 Å². The molecular formula is C23H25N3O3. The third-order valence-electron chi connectivity index (χ3n) is 5.42. The molecule has 0 radical (unpaired) electrons. The minimum absolute atomic E-state index is 0.00146. The van der Waals surface area contributed by atoms with Crippen LogP contribution in [0.25, 0.3) is 11.0 Å². The fourth-order valence-electron chi connectivity index (χ4n) is 3.63. The molecule has 2 heterocycles. The molecule has 3 aromatic rings. The van der Waals surface area contributed by atoms with E-state index in [1.54, 1.807) is 18.2 Å². The molecular weight excluding hydrogens is 366 g/mol. The second kappa shape index (κ2) is 8.59. The topological polar surface area (TPSA) is 65.8 Å². The number of carbonyl (C=O) groups is 1. The molecule has 1 aliphatic heterocycles. The lowest BCUT2D eigenvalue weighted by Crippen LogP contribution is -2.45. The van der Waals surface area contributed by atoms with Crippen molar-refractivity contribution >= 4 is 22.6 Å². The number of hydrogen-bond acceptors (Lipinski definition) is 5. The van der Waals surface area contributed by atoms with E-state index in [0.29, 0.717) is 11.3 Å². The van der Waals surface area contributed by atoms with Crippen LogP contribution in [0.4, 0.5) is 5.69 Å². The first-order chi connectivity index (χ1) is 14.1. The van der Waals surface area contributed by atoms with Crippen LogP contribution in [0.2, 0.25) is 0 Å². The molecule has 1 aliphatic rings. The van der Waals surface area contributed by atoms with E-state index < -0.39 is 11.5 Å². The SMILES string of the molecule is CCN1CCN(Cc2ccc(NC(=O)c3cc4ccccc4oc3=O)cc2)CC1. The first kappa shape index (κ1) is 19.4. The van der Waals surface area contributed by atoms with E-state index in [1.165, 1.54) is 5.56 Å². The highest BCUT2D eigenvalue weighted by Crippen LogP contribution is 2.16. The Kier molecular flexibility index (Phi) is 5.74. The predicted molar refractivity (Wildman–Crippen MR) is 114 cm³/mol. The molecule has 1 N–H and O–H groups in total. The first-order valence-electron chi connectivity index (χ1n) is 10.0. The summed E-state index contributed by atoms with van der Waals surface area (Å²) in [5.74, 6) is -0.465. The number of para-hydroxylation sites is 1. The zero-order valence-corrected chi connectivity index (χ0v) is 16.6. The highest BCUT2D eigenvalue weighted by Gasteiger charge is 2.16. The van der Waals surface area contributed by atoms with Crippen LogP contribution in [0.5, 0.6) is 0 Å². The van der Waals surface area contributed by atoms with Gasteiger partial charge in [0.25, 0.3) is 5.91 Å². The van der Waals surface area contributed by atoms with Crippen molar-refractivity contribution in [2.24, 2.45) is 0 Å². The molecule has 6 heteroatoms. The van der Waals surface area contributed by atoms with E-state index >= 15 is 0 Å². The van der Waals surface area contributed by atoms with Gasteiger partial charge in [0.1, 0.15) is 11.1 Å². The van der Waals surface area contributed by atoms with E-state index in [9.17, 15) is 9.59 Å². The summed E-state index contributed by atoms with van der Waals surface area (Å²) in [6.07, 6.45) is 0. The third-order valence-corrected chi connectivity index (χ3v) is 5.42. The molecule has 1 saturated heterocycles. The molecule has 4 rings (SSSR count). The summed E-state index contributed by atoms with van der Waals surface area (Å²) in [6.45, 7) is 8.58. The quantitative estimate of drug-likeness (QED) is 0.677. The van der Waals surface area contributed by atoms with Crippen LogP contribution in [-0.2, 0) is 6.54 Å². The molecule has 0 atom stereocenters. The van der Waals surface area contributed by atoms with E-state index in [1.807, 2.05) is 36.4 Å². The fraction of sp³-hybridized carbons (Fsp3) is 0.304. The Bertz CT molecular complexity index is 1050. The Morgan fingerprint density at radius 2 is 1.69 bits per heavy atom. The van der Waals surface area contributed by atoms with Gasteiger partial charge < -0.3 is 14.6 Å². The number of hydrogen-bond donors (Lipinski definition) is 1. The minimum atomic E-state index is -0.635. The smallest absolute Gasteiger partial charge is 0.349 e. The van der Waals surface area contributed by atoms with E-state index in [0.717, 1.165) is 44.7 Å². The fourth-order valence-corrected chi connectivity index (χ4v) is 3.63. The van der Waals surface area contributed by atoms with Crippen molar-refractivity contribution in [1.82, 2.24) is 9.80 Å². The molecule has 1 amide bonds. The van der Waals surface area contributed by atoms with Crippen molar-refractivity contribution in [1.29, 1.82) is 0 Å². The largest absolute Gasteiger partial charge is 0.422 e. The highest BCUT2D eigenvalue weighted by molar-refractivity contribution is 6.05. The van der Waals surface area contributed by atoms with Crippen molar-refractivity contribution in [3.05, 3.63) is 76.1 Å². The number of nitrogens with zero attached hydrogens (tertiary/aromatic N) is 2. The minimum Gasteiger partial charge on any atom is -0.422 e. The second-order valence-electron chi connectivity index (χ2n) is 7.35. The van der Waals surface area contributed by atoms with Gasteiger partial charge in [-0.15, -0.1) is 0 Å². The van der Waals surface area contributed by atoms with Crippen LogP contribution in [0.1, 0.15) is 22.8 Å². The maximum absolute atomic E-state index is 12.6. The van der Waals surface area contributed by atoms with Gasteiger partial charge >= 0.3 is 5.63 Å². The number of amides is 1. The summed E-state index contributed by atoms with van der Waals surface area (Å²) < 4.78 is 5.25. The number of benzene rings is 2. The van der Waals surface area contributed by atoms with E-state index in [4.69, 9.17) is 4.42 Å². The van der Waals surface area contributed by atoms with Crippen molar-refractivity contribution in [3.63, 3.8) is 0 Å². The summed E-state index contributed by atoms with van der Waals surface area (Å²) in [5.41, 5.74) is 1.70. The van der Waals surface area contributed by atoms with Gasteiger partial charge in [-0.05, 0) is 36.4 Å². The zero-order valence-electron chi connectivity index (χ0n) is 16.6. The average molecular weight is 391 g/mol. The van der Waals surface area contributed by atoms with Crippen LogP contribution < -0.4 is 10.9 Å². The van der Waals surface area contributed by atoms with Crippen LogP contribution in [0.3, 0.4) is 0 Å². The van der Waals surface area contributed by atoms with Gasteiger partial charge in [0.05, 0.1) is 0 Å². The summed E-state index contributed by atoms with van der Waals surface area (Å²) in [5, 5.41) is 3.51. The molecule has 1 aromatic heterocycles. The van der Waals surface area contributed by atoms with Crippen molar-refractivity contribution in [3.8, 4) is 0 Å². The Balaban J connectivity index is 1.40. The monoisotopic (exact) mass is 391 g/mol. The highest BCUT2D eigenvalue weighted by atomic mass is 16.4. The van der Waals surface area contributed by atoms with Crippen molar-refractivity contribution in [2.75, 3.05) is 38.0 Å². The van der Waals surface area contributed by atoms with Crippen LogP contribution in [-0.4, -0.2) is 48.4 Å². The number of fused-ring (bicyclic) bond motifs is 1. The first-order valence-corrected chi connectivity index (χ1v) is 10.0. The number of likely N-dealkylation sites (N-methyl/N-ethyl adjacent to an activating group) is 1. The molecule has 0 bridgehead atoms. The molecule has 6 nitrogen and oxygen atoms in total. The van der Waals surface area contributed by atoms with E-state index in [-0.39, 0.29) is 5.56 Å². The third kappa shape index (κ3) is 4.55. The van der Waals surface area contributed by atoms with Crippen LogP contribution in [0.15, 0.2) is 63.8 Å². The Labute approximate surface area is 169 Å². The molecule has 0 saturated carbocycles. The number of anilines is 1. The predicted octanol–water partition coefficient (Wildman–Crippen LogP) is 3.18. The van der Waals surface area contributed by atoms with Gasteiger partial charge in [0.2, 0.25) is 0 Å². The maximum atomic E-state index is 12.6. The number of carbonyl (C=O) groups excluding carboxylic acids is 1. The van der Waals surface area contributed by atoms with Gasteiger partial charge in [-0.25, -0.2) is 4.79 Å². The lowest BCUT2D eigenvalue weighted by Gasteiger charge is -2.34. The Hall–Kier alpha value is -2.96. The summed E-state index contributed by atoms with van der Waals surface area (Å²) in [7, 11) is 0. The summed E-state index contributed by atoms with van der Waals surface area (Å²) in [4.78, 5) is 29.6. The Morgan fingerprint density at radius 1 is 1.00 bits per heavy atom. The van der Waals surface area contributed by atoms with Crippen LogP contribution >= 0.6 is 0 Å². The maximum Gasteiger partial charge on any atom is 0.349 e. The van der Waals surface area contributed by atoms with Gasteiger partial charge in [0, 0.05) is 43.8 Å². The normalized spacial score (nSPS) is 15.5. The molecule has 29 heavy (non-hydrogen) atoms. The molecule has 0 aliphatic carbocycles. The molecule has 150 valence electrons. The molecule has 2 aromatic carbocycles. The zero-order chi connectivity index (χ0) is 20.2. The molecule has 0 spiro atoms. The Morgan fingerprint density at radius 3 is 2.41 bits per heavy atom. The second-order valence-corrected chi connectivity index (χ2v) is 7.35. The van der Waals surface area contributed by atoms with Gasteiger partial charge in [0.15, 0.2) is 0 Å².